The average molecular weight is 206 g/mol. The standard InChI is InChI=1S/C8H18N2O2S/c1-4-9-5-6-10(8(2)7-9)13(3,11)12/h8H,4-7H2,1-3H3/t8-/m1/s1. The number of hydrogen-bond acceptors (Lipinski definition) is 3. The van der Waals surface area contributed by atoms with Gasteiger partial charge < -0.3 is 4.90 Å². The lowest BCUT2D eigenvalue weighted by Gasteiger charge is -2.37. The fraction of sp³-hybridized carbons (Fsp3) is 1.00. The van der Waals surface area contributed by atoms with Crippen molar-refractivity contribution >= 4 is 10.0 Å². The van der Waals surface area contributed by atoms with Crippen LogP contribution < -0.4 is 0 Å². The molecule has 0 aliphatic carbocycles. The van der Waals surface area contributed by atoms with Gasteiger partial charge in [0.25, 0.3) is 0 Å². The summed E-state index contributed by atoms with van der Waals surface area (Å²) in [5, 5.41) is 0. The summed E-state index contributed by atoms with van der Waals surface area (Å²) in [6.07, 6.45) is 1.28. The third-order valence-electron chi connectivity index (χ3n) is 2.52. The molecule has 13 heavy (non-hydrogen) atoms. The van der Waals surface area contributed by atoms with E-state index in [0.29, 0.717) is 6.54 Å². The number of nitrogens with zero attached hydrogens (tertiary/aromatic N) is 2. The van der Waals surface area contributed by atoms with Gasteiger partial charge in [0.05, 0.1) is 6.26 Å². The van der Waals surface area contributed by atoms with Gasteiger partial charge in [0.1, 0.15) is 0 Å². The molecule has 0 amide bonds. The Balaban J connectivity index is 2.64. The van der Waals surface area contributed by atoms with Crippen molar-refractivity contribution in [3.05, 3.63) is 0 Å². The minimum atomic E-state index is -3.00. The molecule has 0 radical (unpaired) electrons. The van der Waals surface area contributed by atoms with E-state index in [2.05, 4.69) is 11.8 Å². The first-order valence-corrected chi connectivity index (χ1v) is 6.49. The summed E-state index contributed by atoms with van der Waals surface area (Å²) in [6.45, 7) is 7.40. The van der Waals surface area contributed by atoms with Gasteiger partial charge in [-0.05, 0) is 13.5 Å². The molecule has 0 unspecified atom stereocenters. The second-order valence-corrected chi connectivity index (χ2v) is 5.55. The predicted molar refractivity (Wildman–Crippen MR) is 53.1 cm³/mol. The molecule has 0 aromatic rings. The minimum absolute atomic E-state index is 0.115. The quantitative estimate of drug-likeness (QED) is 0.637. The smallest absolute Gasteiger partial charge is 0.211 e. The van der Waals surface area contributed by atoms with E-state index >= 15 is 0 Å². The lowest BCUT2D eigenvalue weighted by molar-refractivity contribution is 0.150. The van der Waals surface area contributed by atoms with Gasteiger partial charge in [-0.15, -0.1) is 0 Å². The molecule has 78 valence electrons. The van der Waals surface area contributed by atoms with E-state index in [1.807, 2.05) is 6.92 Å². The van der Waals surface area contributed by atoms with E-state index in [0.717, 1.165) is 19.6 Å². The fourth-order valence-corrected chi connectivity index (χ4v) is 2.93. The first-order valence-electron chi connectivity index (χ1n) is 4.64. The molecule has 0 bridgehead atoms. The number of piperazine rings is 1. The van der Waals surface area contributed by atoms with Crippen molar-refractivity contribution in [3.8, 4) is 0 Å². The highest BCUT2D eigenvalue weighted by molar-refractivity contribution is 7.88. The number of sulfonamides is 1. The van der Waals surface area contributed by atoms with Crippen LogP contribution in [0.1, 0.15) is 13.8 Å². The normalized spacial score (nSPS) is 27.8. The zero-order chi connectivity index (χ0) is 10.1. The van der Waals surface area contributed by atoms with Gasteiger partial charge in [-0.25, -0.2) is 8.42 Å². The summed E-state index contributed by atoms with van der Waals surface area (Å²) in [7, 11) is -3.00. The van der Waals surface area contributed by atoms with Gasteiger partial charge in [0, 0.05) is 25.7 Å². The molecule has 0 saturated carbocycles. The molecule has 0 aromatic carbocycles. The molecule has 1 saturated heterocycles. The third kappa shape index (κ3) is 2.65. The highest BCUT2D eigenvalue weighted by Crippen LogP contribution is 2.12. The summed E-state index contributed by atoms with van der Waals surface area (Å²) in [6, 6.07) is 0.115. The Bertz CT molecular complexity index is 263. The molecular formula is C8H18N2O2S. The summed E-state index contributed by atoms with van der Waals surface area (Å²) in [5.41, 5.74) is 0. The van der Waals surface area contributed by atoms with E-state index < -0.39 is 10.0 Å². The molecule has 0 spiro atoms. The second kappa shape index (κ2) is 3.94. The van der Waals surface area contributed by atoms with Gasteiger partial charge in [0.15, 0.2) is 0 Å². The average Bonchev–Trinajstić information content (AvgIpc) is 2.01. The molecule has 1 rings (SSSR count). The Kier molecular flexibility index (Phi) is 3.32. The fourth-order valence-electron chi connectivity index (χ4n) is 1.80. The van der Waals surface area contributed by atoms with Gasteiger partial charge in [-0.1, -0.05) is 6.92 Å². The van der Waals surface area contributed by atoms with Crippen molar-refractivity contribution in [1.29, 1.82) is 0 Å². The van der Waals surface area contributed by atoms with Gasteiger partial charge in [0.2, 0.25) is 10.0 Å². The van der Waals surface area contributed by atoms with Crippen molar-refractivity contribution in [1.82, 2.24) is 9.21 Å². The Hall–Kier alpha value is -0.130. The van der Waals surface area contributed by atoms with E-state index in [1.165, 1.54) is 6.26 Å². The van der Waals surface area contributed by atoms with Crippen molar-refractivity contribution in [2.45, 2.75) is 19.9 Å². The Morgan fingerprint density at radius 1 is 1.38 bits per heavy atom. The molecule has 4 nitrogen and oxygen atoms in total. The summed E-state index contributed by atoms with van der Waals surface area (Å²) in [4.78, 5) is 2.27. The first-order chi connectivity index (χ1) is 5.95. The topological polar surface area (TPSA) is 40.6 Å². The van der Waals surface area contributed by atoms with Crippen LogP contribution in [0.3, 0.4) is 0 Å². The van der Waals surface area contributed by atoms with Crippen LogP contribution in [0.25, 0.3) is 0 Å². The maximum atomic E-state index is 11.3. The van der Waals surface area contributed by atoms with Crippen LogP contribution in [0.4, 0.5) is 0 Å². The largest absolute Gasteiger partial charge is 0.301 e. The molecule has 0 N–H and O–H groups in total. The SMILES string of the molecule is CCN1CCN(S(C)(=O)=O)[C@H](C)C1. The van der Waals surface area contributed by atoms with Crippen LogP contribution in [-0.4, -0.2) is 56.1 Å². The molecule has 1 aliphatic heterocycles. The van der Waals surface area contributed by atoms with Crippen molar-refractivity contribution in [2.75, 3.05) is 32.4 Å². The van der Waals surface area contributed by atoms with Crippen LogP contribution in [0.2, 0.25) is 0 Å². The summed E-state index contributed by atoms with van der Waals surface area (Å²) >= 11 is 0. The van der Waals surface area contributed by atoms with Crippen LogP contribution >= 0.6 is 0 Å². The zero-order valence-electron chi connectivity index (χ0n) is 8.52. The monoisotopic (exact) mass is 206 g/mol. The van der Waals surface area contributed by atoms with E-state index in [-0.39, 0.29) is 6.04 Å². The van der Waals surface area contributed by atoms with Crippen LogP contribution in [0.15, 0.2) is 0 Å². The molecule has 1 atom stereocenters. The molecule has 1 aliphatic rings. The summed E-state index contributed by atoms with van der Waals surface area (Å²) in [5.74, 6) is 0. The van der Waals surface area contributed by atoms with E-state index in [4.69, 9.17) is 0 Å². The molecule has 1 fully saturated rings. The molecular weight excluding hydrogens is 188 g/mol. The maximum absolute atomic E-state index is 11.3. The predicted octanol–water partition coefficient (Wildman–Crippen LogP) is -0.0280. The van der Waals surface area contributed by atoms with Gasteiger partial charge in [-0.2, -0.15) is 4.31 Å². The second-order valence-electron chi connectivity index (χ2n) is 3.62. The van der Waals surface area contributed by atoms with Crippen LogP contribution in [0, 0.1) is 0 Å². The van der Waals surface area contributed by atoms with Crippen molar-refractivity contribution < 1.29 is 8.42 Å². The van der Waals surface area contributed by atoms with Crippen LogP contribution in [-0.2, 0) is 10.0 Å². The molecule has 5 heteroatoms. The highest BCUT2D eigenvalue weighted by atomic mass is 32.2. The number of hydrogen-bond donors (Lipinski definition) is 0. The molecule has 0 aromatic heterocycles. The molecule has 1 heterocycles. The lowest BCUT2D eigenvalue weighted by Crippen LogP contribution is -2.53. The van der Waals surface area contributed by atoms with Crippen molar-refractivity contribution in [2.24, 2.45) is 0 Å². The maximum Gasteiger partial charge on any atom is 0.211 e. The third-order valence-corrected chi connectivity index (χ3v) is 3.92. The van der Waals surface area contributed by atoms with E-state index in [1.54, 1.807) is 4.31 Å². The Labute approximate surface area is 80.6 Å². The van der Waals surface area contributed by atoms with E-state index in [9.17, 15) is 8.42 Å². The number of likely N-dealkylation sites (N-methyl/N-ethyl adjacent to an activating group) is 1. The number of rotatable bonds is 2. The Morgan fingerprint density at radius 3 is 2.38 bits per heavy atom. The zero-order valence-corrected chi connectivity index (χ0v) is 9.34. The van der Waals surface area contributed by atoms with Gasteiger partial charge >= 0.3 is 0 Å². The van der Waals surface area contributed by atoms with Crippen molar-refractivity contribution in [3.63, 3.8) is 0 Å². The van der Waals surface area contributed by atoms with Crippen LogP contribution in [0.5, 0.6) is 0 Å². The first kappa shape index (κ1) is 10.9. The lowest BCUT2D eigenvalue weighted by atomic mass is 10.2. The Morgan fingerprint density at radius 2 is 2.00 bits per heavy atom. The summed E-state index contributed by atoms with van der Waals surface area (Å²) < 4.78 is 24.2. The van der Waals surface area contributed by atoms with Gasteiger partial charge in [-0.3, -0.25) is 0 Å². The highest BCUT2D eigenvalue weighted by Gasteiger charge is 2.28. The minimum Gasteiger partial charge on any atom is -0.301 e.